The molecule has 0 rings (SSSR count). The molecule has 0 aliphatic carbocycles. The fourth-order valence-electron chi connectivity index (χ4n) is 9.00. The number of carbonyl (C=O) groups excluding carboxylic acids is 3. The van der Waals surface area contributed by atoms with Crippen LogP contribution in [-0.2, 0) is 28.6 Å². The third-order valence-corrected chi connectivity index (χ3v) is 13.7. The van der Waals surface area contributed by atoms with Gasteiger partial charge in [-0.25, -0.2) is 0 Å². The van der Waals surface area contributed by atoms with Crippen molar-refractivity contribution in [2.45, 2.75) is 322 Å². The van der Waals surface area contributed by atoms with Gasteiger partial charge in [-0.15, -0.1) is 0 Å². The molecule has 422 valence electrons. The Hall–Kier alpha value is -3.15. The number of hydrogen-bond donors (Lipinski definition) is 0. The first-order chi connectivity index (χ1) is 36.0. The highest BCUT2D eigenvalue weighted by molar-refractivity contribution is 5.71. The third-order valence-electron chi connectivity index (χ3n) is 13.7. The predicted octanol–water partition coefficient (Wildman–Crippen LogP) is 21.3. The average molecular weight is 1020 g/mol. The molecule has 0 saturated heterocycles. The van der Waals surface area contributed by atoms with E-state index in [-0.39, 0.29) is 31.1 Å². The minimum atomic E-state index is -0.792. The Bertz CT molecular complexity index is 1360. The zero-order valence-electron chi connectivity index (χ0n) is 48.4. The van der Waals surface area contributed by atoms with Crippen molar-refractivity contribution in [2.24, 2.45) is 0 Å². The number of carbonyl (C=O) groups is 3. The molecular formula is C67H118O6. The molecule has 0 amide bonds. The van der Waals surface area contributed by atoms with Crippen molar-refractivity contribution < 1.29 is 28.6 Å². The number of esters is 3. The van der Waals surface area contributed by atoms with E-state index < -0.39 is 6.10 Å². The van der Waals surface area contributed by atoms with Gasteiger partial charge in [-0.1, -0.05) is 280 Å². The Morgan fingerprint density at radius 1 is 0.288 bits per heavy atom. The first-order valence-corrected chi connectivity index (χ1v) is 31.4. The Labute approximate surface area is 453 Å². The van der Waals surface area contributed by atoms with Gasteiger partial charge in [0.1, 0.15) is 13.2 Å². The molecule has 0 aromatic carbocycles. The lowest BCUT2D eigenvalue weighted by molar-refractivity contribution is -0.167. The maximum Gasteiger partial charge on any atom is 0.306 e. The molecule has 0 radical (unpaired) electrons. The van der Waals surface area contributed by atoms with Gasteiger partial charge >= 0.3 is 17.9 Å². The van der Waals surface area contributed by atoms with Crippen molar-refractivity contribution in [3.05, 3.63) is 72.9 Å². The van der Waals surface area contributed by atoms with E-state index in [1.54, 1.807) is 0 Å². The van der Waals surface area contributed by atoms with Crippen molar-refractivity contribution >= 4 is 17.9 Å². The highest BCUT2D eigenvalue weighted by Crippen LogP contribution is 2.16. The quantitative estimate of drug-likeness (QED) is 0.0261. The molecule has 0 bridgehead atoms. The second-order valence-corrected chi connectivity index (χ2v) is 20.9. The second kappa shape index (κ2) is 61.4. The van der Waals surface area contributed by atoms with Crippen LogP contribution in [0.25, 0.3) is 0 Å². The number of rotatable bonds is 57. The Morgan fingerprint density at radius 2 is 0.534 bits per heavy atom. The molecule has 0 aromatic rings. The van der Waals surface area contributed by atoms with E-state index in [2.05, 4.69) is 93.7 Å². The second-order valence-electron chi connectivity index (χ2n) is 20.9. The highest BCUT2D eigenvalue weighted by Gasteiger charge is 2.19. The highest BCUT2D eigenvalue weighted by atomic mass is 16.6. The molecule has 0 spiro atoms. The third kappa shape index (κ3) is 59.6. The molecule has 0 aliphatic rings. The molecule has 0 fully saturated rings. The molecule has 6 nitrogen and oxygen atoms in total. The fourth-order valence-corrected chi connectivity index (χ4v) is 9.00. The maximum absolute atomic E-state index is 12.9. The van der Waals surface area contributed by atoms with Crippen LogP contribution in [0.5, 0.6) is 0 Å². The SMILES string of the molecule is CC/C=C\C/C=C\C/C=C\C/C=C\C/C=C\CCCCCC(=O)OC(COC(=O)CCCCCCCCCCCCC/C=C\CCCCCCCCCC)COC(=O)CCCCCCCCCCCCCCC. The maximum atomic E-state index is 12.9. The minimum Gasteiger partial charge on any atom is -0.462 e. The van der Waals surface area contributed by atoms with Crippen LogP contribution < -0.4 is 0 Å². The standard InChI is InChI=1S/C67H118O6/c1-4-7-10-13-16-19-22-25-27-29-31-32-33-34-36-37-39-42-45-48-51-54-57-60-66(69)72-63-64(62-71-65(68)59-56-53-50-47-44-41-24-21-18-15-12-9-6-3)73-67(70)61-58-55-52-49-46-43-40-38-35-30-28-26-23-20-17-14-11-8-5-2/h8,11,17,20,26,28-29,31,35,38,43,46,64H,4-7,9-10,12-16,18-19,21-25,27,30,32-34,36-37,39-42,44-45,47-63H2,1-3H3/b11-8-,20-17-,28-26-,31-29-,38-35-,46-43-. The lowest BCUT2D eigenvalue weighted by Crippen LogP contribution is -2.30. The number of allylic oxidation sites excluding steroid dienone is 12. The fraction of sp³-hybridized carbons (Fsp3) is 0.776. The van der Waals surface area contributed by atoms with Gasteiger partial charge in [0.2, 0.25) is 0 Å². The van der Waals surface area contributed by atoms with Gasteiger partial charge in [0.25, 0.3) is 0 Å². The number of unbranched alkanes of at least 4 members (excludes halogenated alkanes) is 34. The summed E-state index contributed by atoms with van der Waals surface area (Å²) < 4.78 is 16.9. The van der Waals surface area contributed by atoms with Crippen LogP contribution in [0.2, 0.25) is 0 Å². The normalized spacial score (nSPS) is 12.5. The Morgan fingerprint density at radius 3 is 0.863 bits per heavy atom. The Balaban J connectivity index is 4.35. The van der Waals surface area contributed by atoms with E-state index in [9.17, 15) is 14.4 Å². The molecule has 0 N–H and O–H groups in total. The molecule has 1 unspecified atom stereocenters. The van der Waals surface area contributed by atoms with Gasteiger partial charge in [0.15, 0.2) is 6.10 Å². The molecule has 1 atom stereocenters. The van der Waals surface area contributed by atoms with Crippen LogP contribution >= 0.6 is 0 Å². The Kier molecular flexibility index (Phi) is 58.7. The monoisotopic (exact) mass is 1020 g/mol. The van der Waals surface area contributed by atoms with Crippen molar-refractivity contribution in [1.82, 2.24) is 0 Å². The summed E-state index contributed by atoms with van der Waals surface area (Å²) in [5.41, 5.74) is 0. The molecule has 0 aromatic heterocycles. The number of ether oxygens (including phenoxy) is 3. The van der Waals surface area contributed by atoms with Crippen molar-refractivity contribution in [2.75, 3.05) is 13.2 Å². The van der Waals surface area contributed by atoms with Crippen molar-refractivity contribution in [3.63, 3.8) is 0 Å². The van der Waals surface area contributed by atoms with E-state index in [0.29, 0.717) is 19.3 Å². The van der Waals surface area contributed by atoms with Crippen LogP contribution in [0.1, 0.15) is 316 Å². The largest absolute Gasteiger partial charge is 0.462 e. The van der Waals surface area contributed by atoms with Gasteiger partial charge in [0, 0.05) is 19.3 Å². The van der Waals surface area contributed by atoms with Gasteiger partial charge in [-0.3, -0.25) is 14.4 Å². The van der Waals surface area contributed by atoms with Gasteiger partial charge in [-0.2, -0.15) is 0 Å². The smallest absolute Gasteiger partial charge is 0.306 e. The molecule has 73 heavy (non-hydrogen) atoms. The first-order valence-electron chi connectivity index (χ1n) is 31.4. The van der Waals surface area contributed by atoms with Gasteiger partial charge in [0.05, 0.1) is 0 Å². The van der Waals surface area contributed by atoms with Gasteiger partial charge < -0.3 is 14.2 Å². The summed E-state index contributed by atoms with van der Waals surface area (Å²) in [6.45, 7) is 6.53. The summed E-state index contributed by atoms with van der Waals surface area (Å²) in [5.74, 6) is -0.905. The van der Waals surface area contributed by atoms with Crippen LogP contribution in [0.4, 0.5) is 0 Å². The summed E-state index contributed by atoms with van der Waals surface area (Å²) >= 11 is 0. The number of hydrogen-bond acceptors (Lipinski definition) is 6. The van der Waals surface area contributed by atoms with Crippen LogP contribution in [0, 0.1) is 0 Å². The molecule has 0 heterocycles. The predicted molar refractivity (Wildman–Crippen MR) is 316 cm³/mol. The van der Waals surface area contributed by atoms with Gasteiger partial charge in [-0.05, 0) is 89.9 Å². The van der Waals surface area contributed by atoms with E-state index in [4.69, 9.17) is 14.2 Å². The van der Waals surface area contributed by atoms with E-state index in [1.807, 2.05) is 0 Å². The van der Waals surface area contributed by atoms with Crippen molar-refractivity contribution in [3.8, 4) is 0 Å². The van der Waals surface area contributed by atoms with Crippen LogP contribution in [0.15, 0.2) is 72.9 Å². The molecule has 0 aliphatic heterocycles. The zero-order chi connectivity index (χ0) is 52.9. The summed E-state index contributed by atoms with van der Waals surface area (Å²) in [6, 6.07) is 0. The average Bonchev–Trinajstić information content (AvgIpc) is 3.39. The summed E-state index contributed by atoms with van der Waals surface area (Å²) in [5, 5.41) is 0. The minimum absolute atomic E-state index is 0.0862. The van der Waals surface area contributed by atoms with E-state index >= 15 is 0 Å². The zero-order valence-corrected chi connectivity index (χ0v) is 48.4. The lowest BCUT2D eigenvalue weighted by atomic mass is 10.0. The van der Waals surface area contributed by atoms with Crippen molar-refractivity contribution in [1.29, 1.82) is 0 Å². The lowest BCUT2D eigenvalue weighted by Gasteiger charge is -2.18. The van der Waals surface area contributed by atoms with E-state index in [0.717, 1.165) is 96.3 Å². The van der Waals surface area contributed by atoms with E-state index in [1.165, 1.54) is 180 Å². The summed E-state index contributed by atoms with van der Waals surface area (Å²) in [7, 11) is 0. The molecule has 6 heteroatoms. The summed E-state index contributed by atoms with van der Waals surface area (Å²) in [6.07, 6.45) is 79.1. The molecular weight excluding hydrogens is 901 g/mol. The first kappa shape index (κ1) is 69.8. The topological polar surface area (TPSA) is 78.9 Å². The van der Waals surface area contributed by atoms with Crippen LogP contribution in [0.3, 0.4) is 0 Å². The molecule has 0 saturated carbocycles. The summed E-state index contributed by atoms with van der Waals surface area (Å²) in [4.78, 5) is 38.3. The van der Waals surface area contributed by atoms with Crippen LogP contribution in [-0.4, -0.2) is 37.2 Å².